The van der Waals surface area contributed by atoms with E-state index in [9.17, 15) is 14.3 Å². The molecule has 0 aliphatic rings. The molecule has 0 saturated carbocycles. The standard InChI is InChI=1S/C14H7ClFIN2O2S/c15-8-3-6(17)1-2-10(8)19-11-7(14(20)21)4-9(16)12-13(11)22-5-18-12/h1-5,19H,(H,20,21). The van der Waals surface area contributed by atoms with E-state index in [1.54, 1.807) is 12.1 Å². The third-order valence-corrected chi connectivity index (χ3v) is 4.81. The minimum Gasteiger partial charge on any atom is -0.478 e. The molecule has 0 amide bonds. The monoisotopic (exact) mass is 448 g/mol. The van der Waals surface area contributed by atoms with Gasteiger partial charge in [0.2, 0.25) is 0 Å². The van der Waals surface area contributed by atoms with Gasteiger partial charge in [-0.15, -0.1) is 11.3 Å². The Morgan fingerprint density at radius 1 is 1.41 bits per heavy atom. The van der Waals surface area contributed by atoms with Gasteiger partial charge in [0.05, 0.1) is 32.2 Å². The summed E-state index contributed by atoms with van der Waals surface area (Å²) in [6.07, 6.45) is 0. The SMILES string of the molecule is O=C(O)c1cc(F)c2ncsc2c1Nc1ccc(I)cc1Cl. The highest BCUT2D eigenvalue weighted by Crippen LogP contribution is 2.36. The number of aromatic nitrogens is 1. The molecular formula is C14H7ClFIN2O2S. The van der Waals surface area contributed by atoms with Crippen molar-refractivity contribution in [2.75, 3.05) is 5.32 Å². The number of thiazole rings is 1. The van der Waals surface area contributed by atoms with E-state index in [4.69, 9.17) is 11.6 Å². The first kappa shape index (κ1) is 15.4. The van der Waals surface area contributed by atoms with Crippen LogP contribution in [0.25, 0.3) is 10.2 Å². The first-order valence-electron chi connectivity index (χ1n) is 5.98. The molecule has 8 heteroatoms. The summed E-state index contributed by atoms with van der Waals surface area (Å²) in [5, 5.41) is 12.8. The summed E-state index contributed by atoms with van der Waals surface area (Å²) < 4.78 is 15.3. The fourth-order valence-electron chi connectivity index (χ4n) is 2.00. The Kier molecular flexibility index (Phi) is 4.20. The maximum atomic E-state index is 13.9. The Bertz CT molecular complexity index is 900. The smallest absolute Gasteiger partial charge is 0.337 e. The summed E-state index contributed by atoms with van der Waals surface area (Å²) in [5.41, 5.74) is 2.28. The van der Waals surface area contributed by atoms with Gasteiger partial charge in [-0.2, -0.15) is 0 Å². The van der Waals surface area contributed by atoms with E-state index in [1.807, 2.05) is 6.07 Å². The average molecular weight is 449 g/mol. The molecule has 0 unspecified atom stereocenters. The molecule has 1 heterocycles. The second kappa shape index (κ2) is 5.98. The third kappa shape index (κ3) is 2.75. The van der Waals surface area contributed by atoms with Crippen LogP contribution in [0.4, 0.5) is 15.8 Å². The van der Waals surface area contributed by atoms with Crippen molar-refractivity contribution in [1.29, 1.82) is 0 Å². The van der Waals surface area contributed by atoms with Crippen LogP contribution in [-0.2, 0) is 0 Å². The number of anilines is 2. The van der Waals surface area contributed by atoms with Crippen LogP contribution in [-0.4, -0.2) is 16.1 Å². The van der Waals surface area contributed by atoms with E-state index in [0.717, 1.165) is 9.64 Å². The van der Waals surface area contributed by atoms with Crippen molar-refractivity contribution in [2.45, 2.75) is 0 Å². The zero-order valence-corrected chi connectivity index (χ0v) is 14.5. The van der Waals surface area contributed by atoms with Crippen molar-refractivity contribution in [3.05, 3.63) is 49.7 Å². The molecule has 4 nitrogen and oxygen atoms in total. The van der Waals surface area contributed by atoms with E-state index in [0.29, 0.717) is 15.4 Å². The molecule has 0 saturated heterocycles. The predicted octanol–water partition coefficient (Wildman–Crippen LogP) is 5.14. The Morgan fingerprint density at radius 2 is 2.18 bits per heavy atom. The van der Waals surface area contributed by atoms with Gasteiger partial charge in [-0.1, -0.05) is 11.6 Å². The van der Waals surface area contributed by atoms with E-state index in [1.165, 1.54) is 16.8 Å². The molecule has 2 aromatic carbocycles. The lowest BCUT2D eigenvalue weighted by molar-refractivity contribution is 0.0697. The van der Waals surface area contributed by atoms with Crippen LogP contribution in [0.15, 0.2) is 29.8 Å². The number of aromatic carboxylic acids is 1. The van der Waals surface area contributed by atoms with Crippen molar-refractivity contribution < 1.29 is 14.3 Å². The molecule has 0 aliphatic heterocycles. The Hall–Kier alpha value is -1.45. The molecule has 3 aromatic rings. The van der Waals surface area contributed by atoms with E-state index in [-0.39, 0.29) is 16.8 Å². The Morgan fingerprint density at radius 3 is 2.86 bits per heavy atom. The molecule has 0 spiro atoms. The van der Waals surface area contributed by atoms with Gasteiger partial charge in [0.15, 0.2) is 5.82 Å². The highest BCUT2D eigenvalue weighted by atomic mass is 127. The molecule has 112 valence electrons. The number of carboxylic acids is 1. The highest BCUT2D eigenvalue weighted by Gasteiger charge is 2.20. The van der Waals surface area contributed by atoms with Gasteiger partial charge in [0.25, 0.3) is 0 Å². The molecular weight excluding hydrogens is 442 g/mol. The second-order valence-corrected chi connectivity index (χ2v) is 6.87. The van der Waals surface area contributed by atoms with E-state index in [2.05, 4.69) is 32.9 Å². The maximum Gasteiger partial charge on any atom is 0.337 e. The lowest BCUT2D eigenvalue weighted by atomic mass is 10.1. The van der Waals surface area contributed by atoms with Crippen LogP contribution >= 0.6 is 45.5 Å². The summed E-state index contributed by atoms with van der Waals surface area (Å²) in [6.45, 7) is 0. The van der Waals surface area contributed by atoms with Gasteiger partial charge < -0.3 is 10.4 Å². The Labute approximate surface area is 147 Å². The van der Waals surface area contributed by atoms with Crippen LogP contribution in [0.5, 0.6) is 0 Å². The number of hydrogen-bond donors (Lipinski definition) is 2. The number of halogens is 3. The lowest BCUT2D eigenvalue weighted by Crippen LogP contribution is -2.04. The van der Waals surface area contributed by atoms with Crippen molar-refractivity contribution in [2.24, 2.45) is 0 Å². The topological polar surface area (TPSA) is 62.2 Å². The van der Waals surface area contributed by atoms with Crippen molar-refractivity contribution in [1.82, 2.24) is 4.98 Å². The minimum atomic E-state index is -1.22. The number of nitrogens with one attached hydrogen (secondary N) is 1. The number of carbonyl (C=O) groups is 1. The number of carboxylic acid groups (broad SMARTS) is 1. The second-order valence-electron chi connectivity index (χ2n) is 4.37. The summed E-state index contributed by atoms with van der Waals surface area (Å²) in [5.74, 6) is -1.88. The lowest BCUT2D eigenvalue weighted by Gasteiger charge is -2.12. The fourth-order valence-corrected chi connectivity index (χ4v) is 3.71. The number of fused-ring (bicyclic) bond motifs is 1. The number of rotatable bonds is 3. The van der Waals surface area contributed by atoms with Gasteiger partial charge in [0, 0.05) is 3.57 Å². The normalized spacial score (nSPS) is 10.9. The van der Waals surface area contributed by atoms with Crippen LogP contribution in [0.1, 0.15) is 10.4 Å². The van der Waals surface area contributed by atoms with Crippen molar-refractivity contribution in [3.8, 4) is 0 Å². The predicted molar refractivity (Wildman–Crippen MR) is 94.0 cm³/mol. The molecule has 2 N–H and O–H groups in total. The largest absolute Gasteiger partial charge is 0.478 e. The van der Waals surface area contributed by atoms with Crippen molar-refractivity contribution >= 4 is 73.1 Å². The highest BCUT2D eigenvalue weighted by molar-refractivity contribution is 14.1. The van der Waals surface area contributed by atoms with Gasteiger partial charge in [-0.3, -0.25) is 0 Å². The first-order chi connectivity index (χ1) is 10.5. The molecule has 3 rings (SSSR count). The molecule has 0 fully saturated rings. The molecule has 22 heavy (non-hydrogen) atoms. The van der Waals surface area contributed by atoms with Gasteiger partial charge >= 0.3 is 5.97 Å². The van der Waals surface area contributed by atoms with Gasteiger partial charge in [-0.25, -0.2) is 14.2 Å². The van der Waals surface area contributed by atoms with Crippen LogP contribution in [0.3, 0.4) is 0 Å². The van der Waals surface area contributed by atoms with Crippen LogP contribution in [0, 0.1) is 9.39 Å². The van der Waals surface area contributed by atoms with Crippen LogP contribution in [0.2, 0.25) is 5.02 Å². The maximum absolute atomic E-state index is 13.9. The molecule has 0 bridgehead atoms. The van der Waals surface area contributed by atoms with E-state index < -0.39 is 11.8 Å². The Balaban J connectivity index is 2.20. The fraction of sp³-hybridized carbons (Fsp3) is 0. The van der Waals surface area contributed by atoms with Crippen LogP contribution < -0.4 is 5.32 Å². The van der Waals surface area contributed by atoms with Gasteiger partial charge in [0.1, 0.15) is 5.52 Å². The van der Waals surface area contributed by atoms with E-state index >= 15 is 0 Å². The van der Waals surface area contributed by atoms with Gasteiger partial charge in [-0.05, 0) is 46.9 Å². The summed E-state index contributed by atoms with van der Waals surface area (Å²) in [6, 6.07) is 6.29. The quantitative estimate of drug-likeness (QED) is 0.545. The van der Waals surface area contributed by atoms with Crippen molar-refractivity contribution in [3.63, 3.8) is 0 Å². The summed E-state index contributed by atoms with van der Waals surface area (Å²) in [4.78, 5) is 15.3. The number of benzene rings is 2. The molecule has 0 radical (unpaired) electrons. The minimum absolute atomic E-state index is 0.138. The number of hydrogen-bond acceptors (Lipinski definition) is 4. The molecule has 0 aliphatic carbocycles. The molecule has 1 aromatic heterocycles. The summed E-state index contributed by atoms with van der Waals surface area (Å²) >= 11 is 9.46. The average Bonchev–Trinajstić information content (AvgIpc) is 2.94. The third-order valence-electron chi connectivity index (χ3n) is 2.98. The first-order valence-corrected chi connectivity index (χ1v) is 8.32. The zero-order chi connectivity index (χ0) is 15.9. The number of nitrogens with zero attached hydrogens (tertiary/aromatic N) is 1. The zero-order valence-electron chi connectivity index (χ0n) is 10.7. The molecule has 0 atom stereocenters. The summed E-state index contributed by atoms with van der Waals surface area (Å²) in [7, 11) is 0.